The highest BCUT2D eigenvalue weighted by Crippen LogP contribution is 2.32. The monoisotopic (exact) mass is 1360 g/mol. The summed E-state index contributed by atoms with van der Waals surface area (Å²) in [6, 6.07) is 0. The number of aromatic nitrogens is 6. The predicted octanol–water partition coefficient (Wildman–Crippen LogP) is 0.509. The van der Waals surface area contributed by atoms with Crippen LogP contribution in [0.4, 0.5) is 0 Å². The largest absolute Gasteiger partial charge is 0.463 e. The number of carbonyl (C=O) groups is 8. The molecule has 2 aliphatic rings. The van der Waals surface area contributed by atoms with Crippen molar-refractivity contribution in [1.29, 1.82) is 0 Å². The smallest absolute Gasteiger partial charge is 0.303 e. The van der Waals surface area contributed by atoms with Crippen LogP contribution in [0.2, 0.25) is 0 Å². The molecule has 0 bridgehead atoms. The van der Waals surface area contributed by atoms with Gasteiger partial charge >= 0.3 is 47.8 Å². The summed E-state index contributed by atoms with van der Waals surface area (Å²) in [6.07, 6.45) is -10.6. The van der Waals surface area contributed by atoms with Crippen LogP contribution in [-0.4, -0.2) is 271 Å². The zero-order valence-corrected chi connectivity index (χ0v) is 54.2. The normalized spacial score (nSPS) is 21.3. The highest BCUT2D eigenvalue weighted by atomic mass is 16.8. The lowest BCUT2D eigenvalue weighted by atomic mass is 9.92. The fourth-order valence-corrected chi connectivity index (χ4v) is 8.91. The molecule has 40 nitrogen and oxygen atoms in total. The number of nitrogens with zero attached hydrogens (tertiary/aromatic N) is 12. The van der Waals surface area contributed by atoms with Gasteiger partial charge in [0.05, 0.1) is 150 Å². The van der Waals surface area contributed by atoms with E-state index in [1.54, 1.807) is 12.4 Å². The van der Waals surface area contributed by atoms with Crippen molar-refractivity contribution >= 4 is 47.8 Å². The fraction of sp³-hybridized carbons (Fsp3) is 0.782. The Bertz CT molecular complexity index is 2600. The third kappa shape index (κ3) is 32.0. The summed E-state index contributed by atoms with van der Waals surface area (Å²) in [7, 11) is 0. The van der Waals surface area contributed by atoms with E-state index in [1.807, 2.05) is 0 Å². The van der Waals surface area contributed by atoms with Crippen molar-refractivity contribution in [1.82, 2.24) is 30.0 Å². The Labute approximate surface area is 545 Å². The van der Waals surface area contributed by atoms with Gasteiger partial charge in [-0.25, -0.2) is 9.36 Å². The Kier molecular flexibility index (Phi) is 37.5. The molecule has 95 heavy (non-hydrogen) atoms. The van der Waals surface area contributed by atoms with Crippen LogP contribution >= 0.6 is 0 Å². The molecule has 2 fully saturated rings. The van der Waals surface area contributed by atoms with Gasteiger partial charge in [0.2, 0.25) is 0 Å². The van der Waals surface area contributed by atoms with Gasteiger partial charge in [0.1, 0.15) is 36.8 Å². The van der Waals surface area contributed by atoms with Gasteiger partial charge < -0.3 is 94.7 Å². The van der Waals surface area contributed by atoms with Gasteiger partial charge in [-0.3, -0.25) is 38.4 Å². The van der Waals surface area contributed by atoms with E-state index in [4.69, 9.17) is 106 Å². The maximum atomic E-state index is 12.2. The van der Waals surface area contributed by atoms with Crippen LogP contribution < -0.4 is 0 Å². The molecule has 0 spiro atoms. The molecule has 4 rings (SSSR count). The standard InChI is InChI=1S/C55H84N12O28/c1-35(68)84-29-45-47(88-37(3)70)49(90-39(5)72)51(92-41(7)74)53(94-45)86-27-43-25-66(64-60-43)11-15-78-19-23-82-33-55(31-80-21-17-76-13-9-58-62-56,32-81-22-18-77-14-10-59-63-57)34-83-24-20-79-16-12-67-26-44(61-65-67)28-87-54-52(93-42(8)75)50(91-40(6)73)48(89-38(4)71)46(95-54)30-85-36(2)69/h25-26,45-54H,9-24,27-34H2,1-8H3/t45-,46-,47-,48-,49+,50+,51+,52+,53+,54+/m1/s1. The summed E-state index contributed by atoms with van der Waals surface area (Å²) < 4.78 is 117. The number of carbonyl (C=O) groups excluding carboxylic acids is 8. The number of hydrogen-bond donors (Lipinski definition) is 0. The molecule has 0 radical (unpaired) electrons. The van der Waals surface area contributed by atoms with Crippen molar-refractivity contribution < 1.29 is 133 Å². The Morgan fingerprint density at radius 2 is 0.737 bits per heavy atom. The molecule has 10 atom stereocenters. The Balaban J connectivity index is 1.34. The van der Waals surface area contributed by atoms with Gasteiger partial charge in [-0.05, 0) is 11.1 Å². The van der Waals surface area contributed by atoms with E-state index in [0.29, 0.717) is 11.4 Å². The Morgan fingerprint density at radius 1 is 0.432 bits per heavy atom. The first-order valence-electron chi connectivity index (χ1n) is 29.9. The predicted molar refractivity (Wildman–Crippen MR) is 311 cm³/mol. The highest BCUT2D eigenvalue weighted by Gasteiger charge is 2.54. The van der Waals surface area contributed by atoms with Gasteiger partial charge in [0.25, 0.3) is 0 Å². The van der Waals surface area contributed by atoms with Crippen LogP contribution in [-0.2, 0) is 159 Å². The third-order valence-electron chi connectivity index (χ3n) is 12.7. The molecule has 4 heterocycles. The van der Waals surface area contributed by atoms with Gasteiger partial charge in [-0.2, -0.15) is 0 Å². The van der Waals surface area contributed by atoms with E-state index in [2.05, 4.69) is 40.7 Å². The second-order valence-electron chi connectivity index (χ2n) is 20.8. The second-order valence-corrected chi connectivity index (χ2v) is 20.8. The molecule has 0 saturated carbocycles. The third-order valence-corrected chi connectivity index (χ3v) is 12.7. The fourth-order valence-electron chi connectivity index (χ4n) is 8.91. The van der Waals surface area contributed by atoms with Gasteiger partial charge in [0, 0.05) is 78.3 Å². The van der Waals surface area contributed by atoms with E-state index >= 15 is 0 Å². The minimum Gasteiger partial charge on any atom is -0.463 e. The zero-order valence-electron chi connectivity index (χ0n) is 54.2. The summed E-state index contributed by atoms with van der Waals surface area (Å²) in [6.45, 7) is 10.5. The number of azide groups is 2. The summed E-state index contributed by atoms with van der Waals surface area (Å²) in [5, 5.41) is 23.4. The zero-order chi connectivity index (χ0) is 69.4. The molecule has 0 N–H and O–H groups in total. The molecular weight excluding hydrogens is 1280 g/mol. The molecule has 2 aromatic rings. The number of rotatable bonds is 48. The number of ether oxygens (including phenoxy) is 20. The lowest BCUT2D eigenvalue weighted by molar-refractivity contribution is -0.310. The molecule has 2 saturated heterocycles. The van der Waals surface area contributed by atoms with E-state index < -0.39 is 128 Å². The van der Waals surface area contributed by atoms with Crippen LogP contribution in [0.15, 0.2) is 22.6 Å². The molecule has 0 aromatic carbocycles. The summed E-state index contributed by atoms with van der Waals surface area (Å²) in [5.41, 5.74) is 16.9. The molecule has 0 aliphatic carbocycles. The second kappa shape index (κ2) is 44.8. The highest BCUT2D eigenvalue weighted by molar-refractivity contribution is 5.70. The lowest BCUT2D eigenvalue weighted by Gasteiger charge is -2.43. The maximum Gasteiger partial charge on any atom is 0.303 e. The average Bonchev–Trinajstić information content (AvgIpc) is 1.21. The quantitative estimate of drug-likeness (QED) is 0.0217. The molecule has 2 aromatic heterocycles. The molecule has 40 heteroatoms. The summed E-state index contributed by atoms with van der Waals surface area (Å²) in [4.78, 5) is 102. The topological polar surface area (TPSA) is 480 Å². The summed E-state index contributed by atoms with van der Waals surface area (Å²) >= 11 is 0. The van der Waals surface area contributed by atoms with Crippen molar-refractivity contribution in [2.24, 2.45) is 15.6 Å². The van der Waals surface area contributed by atoms with Gasteiger partial charge in [0.15, 0.2) is 49.2 Å². The number of esters is 8. The van der Waals surface area contributed by atoms with Crippen molar-refractivity contribution in [3.05, 3.63) is 44.7 Å². The molecule has 0 unspecified atom stereocenters. The first kappa shape index (κ1) is 79.6. The first-order chi connectivity index (χ1) is 45.6. The molecule has 0 amide bonds. The van der Waals surface area contributed by atoms with Crippen molar-refractivity contribution in [2.45, 2.75) is 143 Å². The van der Waals surface area contributed by atoms with Crippen LogP contribution in [0.1, 0.15) is 66.8 Å². The van der Waals surface area contributed by atoms with Crippen molar-refractivity contribution in [2.75, 3.05) is 132 Å². The van der Waals surface area contributed by atoms with Crippen LogP contribution in [0, 0.1) is 5.41 Å². The van der Waals surface area contributed by atoms with Crippen LogP contribution in [0.5, 0.6) is 0 Å². The van der Waals surface area contributed by atoms with Gasteiger partial charge in [-0.15, -0.1) is 10.2 Å². The summed E-state index contributed by atoms with van der Waals surface area (Å²) in [5.74, 6) is -6.09. The Morgan fingerprint density at radius 3 is 1.05 bits per heavy atom. The van der Waals surface area contributed by atoms with Gasteiger partial charge in [-0.1, -0.05) is 20.7 Å². The molecular formula is C55H84N12O28. The first-order valence-corrected chi connectivity index (χ1v) is 29.9. The van der Waals surface area contributed by atoms with Crippen molar-refractivity contribution in [3.8, 4) is 0 Å². The molecule has 532 valence electrons. The van der Waals surface area contributed by atoms with Crippen molar-refractivity contribution in [3.63, 3.8) is 0 Å². The van der Waals surface area contributed by atoms with E-state index in [-0.39, 0.29) is 145 Å². The molecule has 2 aliphatic heterocycles. The van der Waals surface area contributed by atoms with E-state index in [1.165, 1.54) is 9.36 Å². The average molecular weight is 1360 g/mol. The van der Waals surface area contributed by atoms with Crippen LogP contribution in [0.3, 0.4) is 0 Å². The SMILES string of the molecule is CC(=O)OC[C@H]1O[C@H](OCc2cn(CCOCCOCC(COCCOCCN=[N+]=[N-])(COCCOCCN=[N+]=[N-])COCCOCCn3cc(CO[C@H]4O[C@H](COC(C)=O)[C@@H](OC(C)=O)[C@H](OC(C)=O)[C@@H]4OC(C)=O)nn3)nn2)[C@@H](OC(C)=O)[C@@H](OC(C)=O)[C@@H]1OC(C)=O. The maximum absolute atomic E-state index is 12.2. The number of hydrogen-bond acceptors (Lipinski definition) is 34. The Hall–Kier alpha value is -7.82. The minimum atomic E-state index is -1.43. The van der Waals surface area contributed by atoms with E-state index in [9.17, 15) is 38.4 Å². The lowest BCUT2D eigenvalue weighted by Crippen LogP contribution is -2.62. The van der Waals surface area contributed by atoms with E-state index in [0.717, 1.165) is 55.4 Å². The minimum absolute atomic E-state index is 0.0603. The van der Waals surface area contributed by atoms with Crippen LogP contribution in [0.25, 0.3) is 20.9 Å².